The largest absolute Gasteiger partial charge is 0.333 e. The first-order chi connectivity index (χ1) is 12.5. The van der Waals surface area contributed by atoms with Crippen LogP contribution in [0.1, 0.15) is 40.8 Å². The number of hydrogen-bond donors (Lipinski definition) is 2. The van der Waals surface area contributed by atoms with E-state index in [1.165, 1.54) is 17.3 Å². The minimum absolute atomic E-state index is 0.112. The van der Waals surface area contributed by atoms with Gasteiger partial charge in [-0.1, -0.05) is 6.07 Å². The van der Waals surface area contributed by atoms with Gasteiger partial charge in [0.15, 0.2) is 0 Å². The smallest absolute Gasteiger partial charge is 0.307 e. The Bertz CT molecular complexity index is 1010. The van der Waals surface area contributed by atoms with E-state index in [4.69, 9.17) is 0 Å². The minimum Gasteiger partial charge on any atom is -0.307 e. The van der Waals surface area contributed by atoms with Gasteiger partial charge in [-0.2, -0.15) is 5.10 Å². The zero-order chi connectivity index (χ0) is 17.9. The van der Waals surface area contributed by atoms with E-state index in [2.05, 4.69) is 21.2 Å². The number of aryl methyl sites for hydroxylation is 3. The third-order valence-corrected chi connectivity index (χ3v) is 7.09. The fourth-order valence-corrected chi connectivity index (χ4v) is 5.26. The first-order valence-corrected chi connectivity index (χ1v) is 10.6. The van der Waals surface area contributed by atoms with Crippen molar-refractivity contribution < 1.29 is 13.2 Å². The number of anilines is 1. The van der Waals surface area contributed by atoms with Gasteiger partial charge in [-0.05, 0) is 67.2 Å². The van der Waals surface area contributed by atoms with Crippen molar-refractivity contribution in [2.24, 2.45) is 0 Å². The third kappa shape index (κ3) is 2.35. The van der Waals surface area contributed by atoms with Crippen molar-refractivity contribution in [1.29, 1.82) is 0 Å². The van der Waals surface area contributed by atoms with Gasteiger partial charge in [0.1, 0.15) is 4.90 Å². The molecule has 2 aromatic rings. The number of hydrogen-bond acceptors (Lipinski definition) is 4. The molecule has 0 saturated carbocycles. The first kappa shape index (κ1) is 15.9. The van der Waals surface area contributed by atoms with E-state index in [0.29, 0.717) is 12.1 Å². The third-order valence-electron chi connectivity index (χ3n) is 5.71. The van der Waals surface area contributed by atoms with E-state index in [1.54, 1.807) is 4.68 Å². The molecule has 2 heterocycles. The highest BCUT2D eigenvalue weighted by Gasteiger charge is 2.30. The minimum atomic E-state index is -3.93. The maximum absolute atomic E-state index is 12.7. The average Bonchev–Trinajstić information content (AvgIpc) is 2.96. The van der Waals surface area contributed by atoms with Crippen LogP contribution >= 0.6 is 0 Å². The quantitative estimate of drug-likeness (QED) is 0.861. The van der Waals surface area contributed by atoms with Crippen molar-refractivity contribution in [2.75, 3.05) is 5.32 Å². The molecule has 8 heteroatoms. The van der Waals surface area contributed by atoms with Crippen molar-refractivity contribution in [3.8, 4) is 0 Å². The predicted molar refractivity (Wildman–Crippen MR) is 95.8 cm³/mol. The summed E-state index contributed by atoms with van der Waals surface area (Å²) in [7, 11) is -3.93. The highest BCUT2D eigenvalue weighted by Crippen LogP contribution is 2.40. The van der Waals surface area contributed by atoms with Gasteiger partial charge >= 0.3 is 6.03 Å². The molecule has 0 spiro atoms. The normalized spacial score (nSPS) is 17.2. The number of urea groups is 1. The summed E-state index contributed by atoms with van der Waals surface area (Å²) in [4.78, 5) is 12.6. The van der Waals surface area contributed by atoms with Crippen LogP contribution in [-0.2, 0) is 48.7 Å². The Morgan fingerprint density at radius 2 is 1.77 bits per heavy atom. The molecule has 1 aromatic heterocycles. The Hall–Kier alpha value is -2.35. The lowest BCUT2D eigenvalue weighted by molar-refractivity contribution is 0.256. The van der Waals surface area contributed by atoms with E-state index < -0.39 is 16.1 Å². The van der Waals surface area contributed by atoms with Crippen molar-refractivity contribution in [2.45, 2.75) is 56.4 Å². The van der Waals surface area contributed by atoms with E-state index in [1.807, 2.05) is 0 Å². The van der Waals surface area contributed by atoms with Crippen molar-refractivity contribution in [1.82, 2.24) is 14.5 Å². The molecule has 0 radical (unpaired) electrons. The van der Waals surface area contributed by atoms with Crippen molar-refractivity contribution >= 4 is 21.7 Å². The topological polar surface area (TPSA) is 93.1 Å². The Morgan fingerprint density at radius 1 is 1.04 bits per heavy atom. The Morgan fingerprint density at radius 3 is 2.42 bits per heavy atom. The molecule has 3 aliphatic rings. The Kier molecular flexibility index (Phi) is 3.40. The highest BCUT2D eigenvalue weighted by molar-refractivity contribution is 7.90. The first-order valence-electron chi connectivity index (χ1n) is 9.08. The summed E-state index contributed by atoms with van der Waals surface area (Å²) in [5.41, 5.74) is 6.35. The lowest BCUT2D eigenvalue weighted by atomic mass is 9.76. The Balaban J connectivity index is 1.39. The van der Waals surface area contributed by atoms with Gasteiger partial charge in [0.2, 0.25) is 0 Å². The molecule has 0 unspecified atom stereocenters. The number of aromatic nitrogens is 2. The summed E-state index contributed by atoms with van der Waals surface area (Å²) in [6.45, 7) is 0.722. The number of sulfonamides is 1. The van der Waals surface area contributed by atoms with Gasteiger partial charge in [0, 0.05) is 12.2 Å². The molecular formula is C18H20N4O3S. The van der Waals surface area contributed by atoms with Crippen LogP contribution in [0.3, 0.4) is 0 Å². The lowest BCUT2D eigenvalue weighted by Gasteiger charge is -2.32. The van der Waals surface area contributed by atoms with Crippen LogP contribution < -0.4 is 10.0 Å². The van der Waals surface area contributed by atoms with E-state index in [-0.39, 0.29) is 4.90 Å². The van der Waals surface area contributed by atoms with Gasteiger partial charge in [0.05, 0.1) is 11.9 Å². The van der Waals surface area contributed by atoms with E-state index in [9.17, 15) is 13.2 Å². The van der Waals surface area contributed by atoms with Gasteiger partial charge in [0.25, 0.3) is 10.0 Å². The number of benzene rings is 1. The molecule has 2 aliphatic carbocycles. The molecular weight excluding hydrogens is 352 g/mol. The highest BCUT2D eigenvalue weighted by atomic mass is 32.2. The summed E-state index contributed by atoms with van der Waals surface area (Å²) in [6.07, 6.45) is 7.86. The monoisotopic (exact) mass is 372 g/mol. The molecule has 136 valence electrons. The van der Waals surface area contributed by atoms with Crippen LogP contribution in [0.25, 0.3) is 0 Å². The molecule has 0 bridgehead atoms. The second-order valence-electron chi connectivity index (χ2n) is 7.22. The van der Waals surface area contributed by atoms with E-state index >= 15 is 0 Å². The summed E-state index contributed by atoms with van der Waals surface area (Å²) < 4.78 is 29.2. The standard InChI is InChI=1S/C18H20N4O3S/c23-18(20-17-13-6-4-11(13)9-12-5-7-14(12)17)21-26(24,25)16-10-19-22-8-2-1-3-15(16)22/h9-10H,1-8H2,(H2,20,21,23). The number of carbonyl (C=O) groups is 1. The molecule has 0 atom stereocenters. The fourth-order valence-electron chi connectivity index (χ4n) is 4.15. The summed E-state index contributed by atoms with van der Waals surface area (Å²) in [5.74, 6) is 0. The zero-order valence-corrected chi connectivity index (χ0v) is 15.2. The van der Waals surface area contributed by atoms with Gasteiger partial charge < -0.3 is 5.32 Å². The van der Waals surface area contributed by atoms with Crippen LogP contribution in [0.2, 0.25) is 0 Å². The van der Waals surface area contributed by atoms with Crippen LogP contribution in [0.4, 0.5) is 10.5 Å². The van der Waals surface area contributed by atoms with Crippen molar-refractivity contribution in [3.63, 3.8) is 0 Å². The lowest BCUT2D eigenvalue weighted by Crippen LogP contribution is -2.36. The maximum Gasteiger partial charge on any atom is 0.333 e. The van der Waals surface area contributed by atoms with Gasteiger partial charge in [-0.3, -0.25) is 4.68 Å². The number of rotatable bonds is 3. The number of amides is 2. The summed E-state index contributed by atoms with van der Waals surface area (Å²) in [5, 5.41) is 6.95. The Labute approximate surface area is 151 Å². The molecule has 26 heavy (non-hydrogen) atoms. The van der Waals surface area contributed by atoms with Gasteiger partial charge in [-0.25, -0.2) is 17.9 Å². The molecule has 2 amide bonds. The number of fused-ring (bicyclic) bond motifs is 3. The summed E-state index contributed by atoms with van der Waals surface area (Å²) >= 11 is 0. The molecule has 0 saturated heterocycles. The number of carbonyl (C=O) groups excluding carboxylic acids is 1. The molecule has 5 rings (SSSR count). The number of nitrogens with one attached hydrogen (secondary N) is 2. The zero-order valence-electron chi connectivity index (χ0n) is 14.3. The van der Waals surface area contributed by atoms with Crippen LogP contribution in [0.5, 0.6) is 0 Å². The van der Waals surface area contributed by atoms with E-state index in [0.717, 1.165) is 61.9 Å². The summed E-state index contributed by atoms with van der Waals surface area (Å²) in [6, 6.07) is 1.52. The second-order valence-corrected chi connectivity index (χ2v) is 8.87. The predicted octanol–water partition coefficient (Wildman–Crippen LogP) is 1.93. The molecule has 1 aromatic carbocycles. The molecule has 1 aliphatic heterocycles. The fraction of sp³-hybridized carbons (Fsp3) is 0.444. The average molecular weight is 372 g/mol. The maximum atomic E-state index is 12.7. The van der Waals surface area contributed by atoms with Gasteiger partial charge in [-0.15, -0.1) is 0 Å². The van der Waals surface area contributed by atoms with Crippen LogP contribution in [-0.4, -0.2) is 24.2 Å². The molecule has 0 fully saturated rings. The second kappa shape index (κ2) is 5.57. The molecule has 7 nitrogen and oxygen atoms in total. The van der Waals surface area contributed by atoms with Crippen molar-refractivity contribution in [3.05, 3.63) is 40.2 Å². The number of nitrogens with zero attached hydrogens (tertiary/aromatic N) is 2. The SMILES string of the molecule is O=C(Nc1c2c(cc3c1CC3)CC2)NS(=O)(=O)c1cnn2c1CCCC2. The van der Waals surface area contributed by atoms with Crippen LogP contribution in [0, 0.1) is 0 Å². The van der Waals surface area contributed by atoms with Crippen LogP contribution in [0.15, 0.2) is 17.2 Å². The molecule has 2 N–H and O–H groups in total.